The molecule has 17 heavy (non-hydrogen) atoms. The molecule has 1 saturated heterocycles. The van der Waals surface area contributed by atoms with E-state index in [1.807, 2.05) is 12.1 Å². The lowest BCUT2D eigenvalue weighted by molar-refractivity contribution is 0.264. The molecule has 1 heterocycles. The van der Waals surface area contributed by atoms with Crippen LogP contribution in [0.25, 0.3) is 4.85 Å². The van der Waals surface area contributed by atoms with Crippen molar-refractivity contribution in [3.8, 4) is 0 Å². The summed E-state index contributed by atoms with van der Waals surface area (Å²) in [4.78, 5) is 8.20. The average Bonchev–Trinajstić information content (AvgIpc) is 2.79. The third-order valence-corrected chi connectivity index (χ3v) is 3.45. The van der Waals surface area contributed by atoms with Gasteiger partial charge in [0.1, 0.15) is 0 Å². The lowest BCUT2D eigenvalue weighted by Gasteiger charge is -2.20. The van der Waals surface area contributed by atoms with Crippen LogP contribution < -0.4 is 0 Å². The second-order valence-corrected chi connectivity index (χ2v) is 4.92. The summed E-state index contributed by atoms with van der Waals surface area (Å²) in [6, 6.07) is 8.63. The summed E-state index contributed by atoms with van der Waals surface area (Å²) >= 11 is 0. The van der Waals surface area contributed by atoms with E-state index in [1.54, 1.807) is 0 Å². The Morgan fingerprint density at radius 1 is 1.35 bits per heavy atom. The van der Waals surface area contributed by atoms with Crippen LogP contribution in [-0.4, -0.2) is 43.0 Å². The summed E-state index contributed by atoms with van der Waals surface area (Å²) in [7, 11) is 4.30. The van der Waals surface area contributed by atoms with E-state index in [0.29, 0.717) is 6.04 Å². The number of hydrogen-bond donors (Lipinski definition) is 0. The molecule has 0 aromatic heterocycles. The highest BCUT2D eigenvalue weighted by molar-refractivity contribution is 5.45. The van der Waals surface area contributed by atoms with Crippen molar-refractivity contribution in [1.29, 1.82) is 0 Å². The van der Waals surface area contributed by atoms with Crippen LogP contribution in [0.3, 0.4) is 0 Å². The predicted octanol–water partition coefficient (Wildman–Crippen LogP) is 2.37. The standard InChI is InChI=1S/C14H19N3/c1-15-13-6-4-12(5-7-13)10-17-9-8-14(11-17)16(2)3/h4-7,14H,8-11H2,2-3H3. The van der Waals surface area contributed by atoms with E-state index >= 15 is 0 Å². The number of nitrogens with zero attached hydrogens (tertiary/aromatic N) is 3. The van der Waals surface area contributed by atoms with E-state index < -0.39 is 0 Å². The molecule has 0 radical (unpaired) electrons. The van der Waals surface area contributed by atoms with Gasteiger partial charge in [0.05, 0.1) is 6.57 Å². The number of hydrogen-bond acceptors (Lipinski definition) is 2. The summed E-state index contributed by atoms with van der Waals surface area (Å²) in [5.74, 6) is 0. The van der Waals surface area contributed by atoms with Crippen LogP contribution in [0.15, 0.2) is 24.3 Å². The van der Waals surface area contributed by atoms with Crippen molar-refractivity contribution in [3.63, 3.8) is 0 Å². The van der Waals surface area contributed by atoms with Gasteiger partial charge in [0.15, 0.2) is 5.69 Å². The number of rotatable bonds is 3. The summed E-state index contributed by atoms with van der Waals surface area (Å²) < 4.78 is 0. The van der Waals surface area contributed by atoms with Crippen molar-refractivity contribution in [2.45, 2.75) is 19.0 Å². The molecule has 1 aromatic rings. The first kappa shape index (κ1) is 12.1. The first-order valence-electron chi connectivity index (χ1n) is 6.04. The minimum atomic E-state index is 0.692. The maximum Gasteiger partial charge on any atom is 0.187 e. The van der Waals surface area contributed by atoms with Crippen LogP contribution in [0.5, 0.6) is 0 Å². The highest BCUT2D eigenvalue weighted by Crippen LogP contribution is 2.18. The molecule has 1 unspecified atom stereocenters. The fraction of sp³-hybridized carbons (Fsp3) is 0.500. The number of likely N-dealkylation sites (N-methyl/N-ethyl adjacent to an activating group) is 1. The van der Waals surface area contributed by atoms with Gasteiger partial charge in [0.2, 0.25) is 0 Å². The molecular formula is C14H19N3. The average molecular weight is 229 g/mol. The molecule has 1 aliphatic heterocycles. The van der Waals surface area contributed by atoms with E-state index in [-0.39, 0.29) is 0 Å². The Bertz CT molecular complexity index is 402. The first-order valence-corrected chi connectivity index (χ1v) is 6.04. The largest absolute Gasteiger partial charge is 0.305 e. The molecule has 0 amide bonds. The van der Waals surface area contributed by atoms with Gasteiger partial charge in [-0.25, -0.2) is 4.85 Å². The zero-order valence-corrected chi connectivity index (χ0v) is 10.6. The van der Waals surface area contributed by atoms with Crippen LogP contribution in [0.2, 0.25) is 0 Å². The van der Waals surface area contributed by atoms with Gasteiger partial charge in [-0.15, -0.1) is 0 Å². The number of likely N-dealkylation sites (tertiary alicyclic amines) is 1. The Balaban J connectivity index is 1.91. The topological polar surface area (TPSA) is 10.8 Å². The van der Waals surface area contributed by atoms with Crippen molar-refractivity contribution in [2.75, 3.05) is 27.2 Å². The summed E-state index contributed by atoms with van der Waals surface area (Å²) in [6.45, 7) is 10.2. The van der Waals surface area contributed by atoms with Crippen LogP contribution in [0.4, 0.5) is 5.69 Å². The maximum atomic E-state index is 6.92. The molecular weight excluding hydrogens is 210 g/mol. The Morgan fingerprint density at radius 3 is 2.59 bits per heavy atom. The molecule has 0 bridgehead atoms. The highest BCUT2D eigenvalue weighted by Gasteiger charge is 2.23. The molecule has 0 spiro atoms. The van der Waals surface area contributed by atoms with Gasteiger partial charge in [-0.1, -0.05) is 24.3 Å². The predicted molar refractivity (Wildman–Crippen MR) is 70.1 cm³/mol. The molecule has 90 valence electrons. The van der Waals surface area contributed by atoms with Gasteiger partial charge < -0.3 is 4.90 Å². The van der Waals surface area contributed by atoms with Gasteiger partial charge in [0.25, 0.3) is 0 Å². The molecule has 1 aromatic carbocycles. The summed E-state index contributed by atoms with van der Waals surface area (Å²) in [5.41, 5.74) is 2.03. The zero-order chi connectivity index (χ0) is 12.3. The molecule has 0 N–H and O–H groups in total. The van der Waals surface area contributed by atoms with Crippen molar-refractivity contribution in [1.82, 2.24) is 9.80 Å². The lowest BCUT2D eigenvalue weighted by Crippen LogP contribution is -2.31. The molecule has 1 aliphatic rings. The van der Waals surface area contributed by atoms with Gasteiger partial charge >= 0.3 is 0 Å². The Labute approximate surface area is 103 Å². The van der Waals surface area contributed by atoms with Crippen LogP contribution in [-0.2, 0) is 6.54 Å². The van der Waals surface area contributed by atoms with E-state index in [2.05, 4.69) is 40.9 Å². The van der Waals surface area contributed by atoms with Crippen molar-refractivity contribution < 1.29 is 0 Å². The second kappa shape index (κ2) is 5.31. The summed E-state index contributed by atoms with van der Waals surface area (Å²) in [6.07, 6.45) is 1.26. The Hall–Kier alpha value is -1.37. The van der Waals surface area contributed by atoms with E-state index in [9.17, 15) is 0 Å². The van der Waals surface area contributed by atoms with Crippen molar-refractivity contribution in [2.24, 2.45) is 0 Å². The molecule has 3 nitrogen and oxygen atoms in total. The molecule has 0 aliphatic carbocycles. The fourth-order valence-corrected chi connectivity index (χ4v) is 2.31. The molecule has 0 saturated carbocycles. The van der Waals surface area contributed by atoms with E-state index in [0.717, 1.165) is 18.8 Å². The van der Waals surface area contributed by atoms with Gasteiger partial charge in [-0.3, -0.25) is 4.90 Å². The van der Waals surface area contributed by atoms with Crippen LogP contribution in [0, 0.1) is 6.57 Å². The third kappa shape index (κ3) is 3.06. The minimum Gasteiger partial charge on any atom is -0.305 e. The molecule has 2 rings (SSSR count). The zero-order valence-electron chi connectivity index (χ0n) is 10.6. The maximum absolute atomic E-state index is 6.92. The summed E-state index contributed by atoms with van der Waals surface area (Å²) in [5, 5.41) is 0. The normalized spacial score (nSPS) is 20.7. The molecule has 1 atom stereocenters. The molecule has 3 heteroatoms. The quantitative estimate of drug-likeness (QED) is 0.737. The second-order valence-electron chi connectivity index (χ2n) is 4.92. The third-order valence-electron chi connectivity index (χ3n) is 3.45. The monoisotopic (exact) mass is 229 g/mol. The van der Waals surface area contributed by atoms with Crippen LogP contribution >= 0.6 is 0 Å². The van der Waals surface area contributed by atoms with Crippen LogP contribution in [0.1, 0.15) is 12.0 Å². The van der Waals surface area contributed by atoms with Crippen molar-refractivity contribution >= 4 is 5.69 Å². The fourth-order valence-electron chi connectivity index (χ4n) is 2.31. The SMILES string of the molecule is [C-]#[N+]c1ccc(CN2CCC(N(C)C)C2)cc1. The molecule has 1 fully saturated rings. The Morgan fingerprint density at radius 2 is 2.06 bits per heavy atom. The highest BCUT2D eigenvalue weighted by atomic mass is 15.2. The van der Waals surface area contributed by atoms with Gasteiger partial charge in [-0.2, -0.15) is 0 Å². The van der Waals surface area contributed by atoms with Crippen molar-refractivity contribution in [3.05, 3.63) is 41.2 Å². The first-order chi connectivity index (χ1) is 8.19. The lowest BCUT2D eigenvalue weighted by atomic mass is 10.2. The van der Waals surface area contributed by atoms with Gasteiger partial charge in [0, 0.05) is 25.7 Å². The number of benzene rings is 1. The Kier molecular flexibility index (Phi) is 3.78. The van der Waals surface area contributed by atoms with Gasteiger partial charge in [-0.05, 0) is 26.1 Å². The van der Waals surface area contributed by atoms with E-state index in [1.165, 1.54) is 18.5 Å². The van der Waals surface area contributed by atoms with E-state index in [4.69, 9.17) is 6.57 Å². The minimum absolute atomic E-state index is 0.692. The smallest absolute Gasteiger partial charge is 0.187 e.